The fraction of sp³-hybridized carbons (Fsp3) is 0.400. The highest BCUT2D eigenvalue weighted by Crippen LogP contribution is 2.10. The molecule has 0 spiro atoms. The molecule has 4 nitrogen and oxygen atoms in total. The first-order valence-corrected chi connectivity index (χ1v) is 4.01. The zero-order chi connectivity index (χ0) is 8.97. The van der Waals surface area contributed by atoms with Crippen LogP contribution in [-0.4, -0.2) is 32.4 Å². The van der Waals surface area contributed by atoms with Crippen LogP contribution in [0, 0.1) is 12.2 Å². The van der Waals surface area contributed by atoms with Crippen molar-refractivity contribution in [2.45, 2.75) is 5.16 Å². The molecular weight excluding hydrogens is 188 g/mol. The third-order valence-corrected chi connectivity index (χ3v) is 1.71. The van der Waals surface area contributed by atoms with Gasteiger partial charge in [-0.15, -0.1) is 0 Å². The Morgan fingerprint density at radius 2 is 1.75 bits per heavy atom. The van der Waals surface area contributed by atoms with Crippen molar-refractivity contribution in [3.8, 4) is 0 Å². The van der Waals surface area contributed by atoms with E-state index in [1.807, 2.05) is 0 Å². The van der Waals surface area contributed by atoms with Gasteiger partial charge in [0.25, 0.3) is 0 Å². The molecular formula is C5H5F2N3OS. The third-order valence-electron chi connectivity index (χ3n) is 0.883. The summed E-state index contributed by atoms with van der Waals surface area (Å²) in [6.07, 6.45) is -2.30. The average molecular weight is 193 g/mol. The zero-order valence-corrected chi connectivity index (χ0v) is 6.68. The molecule has 0 unspecified atom stereocenters. The SMILES string of the molecule is OCCSc1nc(F)nc(F)n1. The first-order chi connectivity index (χ1) is 5.72. The molecule has 0 amide bonds. The molecule has 0 fully saturated rings. The molecule has 12 heavy (non-hydrogen) atoms. The molecule has 0 atom stereocenters. The summed E-state index contributed by atoms with van der Waals surface area (Å²) in [6.45, 7) is -0.0976. The molecule has 7 heteroatoms. The van der Waals surface area contributed by atoms with Crippen molar-refractivity contribution >= 4 is 11.8 Å². The molecule has 1 heterocycles. The number of aliphatic hydroxyl groups is 1. The maximum Gasteiger partial charge on any atom is 0.315 e. The Labute approximate surface area is 71.1 Å². The normalized spacial score (nSPS) is 10.2. The van der Waals surface area contributed by atoms with Gasteiger partial charge in [0.05, 0.1) is 6.61 Å². The van der Waals surface area contributed by atoms with E-state index in [0.717, 1.165) is 11.8 Å². The van der Waals surface area contributed by atoms with Crippen molar-refractivity contribution in [3.63, 3.8) is 0 Å². The third kappa shape index (κ3) is 2.67. The van der Waals surface area contributed by atoms with Gasteiger partial charge in [-0.25, -0.2) is 0 Å². The van der Waals surface area contributed by atoms with E-state index >= 15 is 0 Å². The number of hydrogen-bond acceptors (Lipinski definition) is 5. The van der Waals surface area contributed by atoms with E-state index < -0.39 is 12.2 Å². The van der Waals surface area contributed by atoms with Crippen molar-refractivity contribution in [2.24, 2.45) is 0 Å². The smallest absolute Gasteiger partial charge is 0.315 e. The highest BCUT2D eigenvalue weighted by molar-refractivity contribution is 7.99. The molecule has 0 saturated carbocycles. The van der Waals surface area contributed by atoms with Crippen LogP contribution in [0.15, 0.2) is 5.16 Å². The van der Waals surface area contributed by atoms with E-state index in [2.05, 4.69) is 15.0 Å². The minimum Gasteiger partial charge on any atom is -0.396 e. The van der Waals surface area contributed by atoms with Crippen molar-refractivity contribution in [3.05, 3.63) is 12.2 Å². The van der Waals surface area contributed by atoms with E-state index in [1.165, 1.54) is 0 Å². The first-order valence-electron chi connectivity index (χ1n) is 3.03. The van der Waals surface area contributed by atoms with Crippen LogP contribution < -0.4 is 0 Å². The van der Waals surface area contributed by atoms with Crippen LogP contribution in [0.1, 0.15) is 0 Å². The molecule has 1 N–H and O–H groups in total. The van der Waals surface area contributed by atoms with Crippen LogP contribution in [-0.2, 0) is 0 Å². The fourth-order valence-corrected chi connectivity index (χ4v) is 1.06. The second kappa shape index (κ2) is 4.27. The lowest BCUT2D eigenvalue weighted by molar-refractivity contribution is 0.322. The summed E-state index contributed by atoms with van der Waals surface area (Å²) >= 11 is 0.957. The second-order valence-electron chi connectivity index (χ2n) is 1.73. The van der Waals surface area contributed by atoms with Crippen molar-refractivity contribution in [1.29, 1.82) is 0 Å². The van der Waals surface area contributed by atoms with Gasteiger partial charge in [-0.3, -0.25) is 0 Å². The molecule has 0 radical (unpaired) electrons. The van der Waals surface area contributed by atoms with Gasteiger partial charge in [0.2, 0.25) is 0 Å². The summed E-state index contributed by atoms with van der Waals surface area (Å²) in [5, 5.41) is 8.33. The van der Waals surface area contributed by atoms with Gasteiger partial charge in [-0.05, 0) is 0 Å². The van der Waals surface area contributed by atoms with Gasteiger partial charge in [-0.1, -0.05) is 11.8 Å². The number of hydrogen-bond donors (Lipinski definition) is 1. The van der Waals surface area contributed by atoms with E-state index in [-0.39, 0.29) is 11.8 Å². The second-order valence-corrected chi connectivity index (χ2v) is 2.79. The molecule has 0 aliphatic carbocycles. The Morgan fingerprint density at radius 3 is 2.25 bits per heavy atom. The van der Waals surface area contributed by atoms with E-state index in [0.29, 0.717) is 5.75 Å². The Hall–Kier alpha value is -0.820. The summed E-state index contributed by atoms with van der Waals surface area (Å²) in [4.78, 5) is 9.10. The number of aromatic nitrogens is 3. The average Bonchev–Trinajstić information content (AvgIpc) is 1.99. The van der Waals surface area contributed by atoms with Crippen molar-refractivity contribution < 1.29 is 13.9 Å². The number of halogens is 2. The van der Waals surface area contributed by atoms with Gasteiger partial charge in [0, 0.05) is 5.75 Å². The van der Waals surface area contributed by atoms with E-state index in [1.54, 1.807) is 0 Å². The molecule has 1 rings (SSSR count). The number of nitrogens with zero attached hydrogens (tertiary/aromatic N) is 3. The predicted octanol–water partition coefficient (Wildman–Crippen LogP) is 0.234. The Kier molecular flexibility index (Phi) is 3.30. The molecule has 1 aromatic rings. The quantitative estimate of drug-likeness (QED) is 0.696. The molecule has 0 aliphatic rings. The van der Waals surface area contributed by atoms with Gasteiger partial charge >= 0.3 is 12.2 Å². The van der Waals surface area contributed by atoms with Crippen molar-refractivity contribution in [2.75, 3.05) is 12.4 Å². The van der Waals surface area contributed by atoms with Crippen LogP contribution in [0.4, 0.5) is 8.78 Å². The van der Waals surface area contributed by atoms with Crippen LogP contribution in [0.2, 0.25) is 0 Å². The Morgan fingerprint density at radius 1 is 1.17 bits per heavy atom. The highest BCUT2D eigenvalue weighted by atomic mass is 32.2. The lowest BCUT2D eigenvalue weighted by Crippen LogP contribution is -2.00. The van der Waals surface area contributed by atoms with E-state index in [9.17, 15) is 8.78 Å². The highest BCUT2D eigenvalue weighted by Gasteiger charge is 2.04. The summed E-state index contributed by atoms with van der Waals surface area (Å²) < 4.78 is 24.6. The zero-order valence-electron chi connectivity index (χ0n) is 5.87. The summed E-state index contributed by atoms with van der Waals surface area (Å²) in [6, 6.07) is 0. The van der Waals surface area contributed by atoms with Crippen molar-refractivity contribution in [1.82, 2.24) is 15.0 Å². The fourth-order valence-electron chi connectivity index (χ4n) is 0.510. The van der Waals surface area contributed by atoms with Crippen LogP contribution in [0.25, 0.3) is 0 Å². The van der Waals surface area contributed by atoms with E-state index in [4.69, 9.17) is 5.11 Å². The van der Waals surface area contributed by atoms with Gasteiger partial charge < -0.3 is 5.11 Å². The molecule has 1 aromatic heterocycles. The minimum atomic E-state index is -1.15. The summed E-state index contributed by atoms with van der Waals surface area (Å²) in [5.41, 5.74) is 0. The van der Waals surface area contributed by atoms with Crippen LogP contribution in [0.5, 0.6) is 0 Å². The summed E-state index contributed by atoms with van der Waals surface area (Å²) in [5.74, 6) is 0.295. The maximum absolute atomic E-state index is 12.3. The van der Waals surface area contributed by atoms with Gasteiger partial charge in [-0.2, -0.15) is 23.7 Å². The maximum atomic E-state index is 12.3. The summed E-state index contributed by atoms with van der Waals surface area (Å²) in [7, 11) is 0. The number of thioether (sulfide) groups is 1. The molecule has 0 aromatic carbocycles. The van der Waals surface area contributed by atoms with Gasteiger partial charge in [0.1, 0.15) is 0 Å². The lowest BCUT2D eigenvalue weighted by Gasteiger charge is -1.95. The predicted molar refractivity (Wildman–Crippen MR) is 37.6 cm³/mol. The molecule has 0 saturated heterocycles. The lowest BCUT2D eigenvalue weighted by atomic mass is 10.9. The molecule has 66 valence electrons. The molecule has 0 aliphatic heterocycles. The standard InChI is InChI=1S/C5H5F2N3OS/c6-3-8-4(7)10-5(9-3)12-2-1-11/h11H,1-2H2. The number of rotatable bonds is 3. The Bertz CT molecular complexity index is 253. The topological polar surface area (TPSA) is 58.9 Å². The molecule has 0 bridgehead atoms. The number of aliphatic hydroxyl groups excluding tert-OH is 1. The van der Waals surface area contributed by atoms with Crippen LogP contribution >= 0.6 is 11.8 Å². The monoisotopic (exact) mass is 193 g/mol. The minimum absolute atomic E-state index is 0.0611. The van der Waals surface area contributed by atoms with Crippen LogP contribution in [0.3, 0.4) is 0 Å². The Balaban J connectivity index is 2.72. The first kappa shape index (κ1) is 9.27. The largest absolute Gasteiger partial charge is 0.396 e. The van der Waals surface area contributed by atoms with Gasteiger partial charge in [0.15, 0.2) is 5.16 Å².